The summed E-state index contributed by atoms with van der Waals surface area (Å²) in [4.78, 5) is 37.4. The van der Waals surface area contributed by atoms with Crippen molar-refractivity contribution in [3.63, 3.8) is 0 Å². The highest BCUT2D eigenvalue weighted by Gasteiger charge is 2.30. The lowest BCUT2D eigenvalue weighted by atomic mass is 10.1. The summed E-state index contributed by atoms with van der Waals surface area (Å²) in [5.74, 6) is -0.496. The van der Waals surface area contributed by atoms with E-state index in [1.165, 1.54) is 0 Å². The fourth-order valence-electron chi connectivity index (χ4n) is 2.87. The summed E-state index contributed by atoms with van der Waals surface area (Å²) in [7, 11) is 1.74. The zero-order chi connectivity index (χ0) is 17.9. The molecule has 1 atom stereocenters. The Kier molecular flexibility index (Phi) is 5.56. The van der Waals surface area contributed by atoms with E-state index in [4.69, 9.17) is 4.74 Å². The molecular formula is C17H24N3O4+. The normalized spacial score (nSPS) is 15.2. The molecule has 0 aliphatic carbocycles. The number of amides is 3. The summed E-state index contributed by atoms with van der Waals surface area (Å²) in [6.45, 7) is 6.63. The number of carbonyl (C=O) groups excluding carboxylic acids is 3. The maximum atomic E-state index is 12.2. The van der Waals surface area contributed by atoms with Crippen molar-refractivity contribution in [2.45, 2.75) is 20.8 Å². The maximum Gasteiger partial charge on any atom is 0.416 e. The summed E-state index contributed by atoms with van der Waals surface area (Å²) in [5.41, 5.74) is 3.98. The molecule has 1 saturated heterocycles. The number of likely N-dealkylation sites (N-methyl/N-ethyl adjacent to an activating group) is 1. The van der Waals surface area contributed by atoms with Crippen LogP contribution in [0.1, 0.15) is 16.7 Å². The number of nitrogens with one attached hydrogen (secondary N) is 2. The molecule has 24 heavy (non-hydrogen) atoms. The average molecular weight is 334 g/mol. The van der Waals surface area contributed by atoms with Crippen LogP contribution in [0.2, 0.25) is 0 Å². The third kappa shape index (κ3) is 4.32. The number of imide groups is 1. The predicted molar refractivity (Wildman–Crippen MR) is 89.0 cm³/mol. The predicted octanol–water partition coefficient (Wildman–Crippen LogP) is 0.0439. The van der Waals surface area contributed by atoms with Gasteiger partial charge in [0.05, 0.1) is 13.6 Å². The van der Waals surface area contributed by atoms with Gasteiger partial charge < -0.3 is 15.0 Å². The molecule has 0 spiro atoms. The highest BCUT2D eigenvalue weighted by molar-refractivity contribution is 5.94. The van der Waals surface area contributed by atoms with Crippen LogP contribution in [0.15, 0.2) is 12.1 Å². The monoisotopic (exact) mass is 334 g/mol. The summed E-state index contributed by atoms with van der Waals surface area (Å²) < 4.78 is 4.74. The van der Waals surface area contributed by atoms with E-state index in [-0.39, 0.29) is 38.1 Å². The minimum Gasteiger partial charge on any atom is -0.447 e. The van der Waals surface area contributed by atoms with Crippen molar-refractivity contribution in [2.24, 2.45) is 0 Å². The number of carbonyl (C=O) groups is 3. The second kappa shape index (κ2) is 7.44. The third-order valence-electron chi connectivity index (χ3n) is 3.92. The molecule has 1 aliphatic rings. The number of aryl methyl sites for hydroxylation is 3. The molecule has 0 radical (unpaired) electrons. The van der Waals surface area contributed by atoms with Crippen LogP contribution in [0.5, 0.6) is 0 Å². The van der Waals surface area contributed by atoms with E-state index >= 15 is 0 Å². The Hall–Kier alpha value is -2.41. The van der Waals surface area contributed by atoms with Crippen molar-refractivity contribution in [1.82, 2.24) is 4.90 Å². The molecule has 1 unspecified atom stereocenters. The number of hydrogen-bond donors (Lipinski definition) is 2. The van der Waals surface area contributed by atoms with Gasteiger partial charge in [-0.3, -0.25) is 9.59 Å². The van der Waals surface area contributed by atoms with Crippen LogP contribution in [0.3, 0.4) is 0 Å². The molecule has 3 amide bonds. The fraction of sp³-hybridized carbons (Fsp3) is 0.471. The summed E-state index contributed by atoms with van der Waals surface area (Å²) in [6.07, 6.45) is -0.608. The Morgan fingerprint density at radius 1 is 1.21 bits per heavy atom. The van der Waals surface area contributed by atoms with Gasteiger partial charge in [0.25, 0.3) is 11.8 Å². The second-order valence-electron chi connectivity index (χ2n) is 6.29. The van der Waals surface area contributed by atoms with Gasteiger partial charge in [-0.2, -0.15) is 0 Å². The van der Waals surface area contributed by atoms with Crippen LogP contribution in [-0.4, -0.2) is 56.1 Å². The summed E-state index contributed by atoms with van der Waals surface area (Å²) in [5, 5.41) is 2.91. The first-order valence-electron chi connectivity index (χ1n) is 7.94. The van der Waals surface area contributed by atoms with Crippen molar-refractivity contribution in [3.8, 4) is 0 Å². The van der Waals surface area contributed by atoms with Gasteiger partial charge in [-0.25, -0.2) is 9.69 Å². The second-order valence-corrected chi connectivity index (χ2v) is 6.29. The highest BCUT2D eigenvalue weighted by Crippen LogP contribution is 2.21. The van der Waals surface area contributed by atoms with Crippen LogP contribution in [0.4, 0.5) is 10.5 Å². The van der Waals surface area contributed by atoms with E-state index in [0.717, 1.165) is 27.3 Å². The number of benzene rings is 1. The summed E-state index contributed by atoms with van der Waals surface area (Å²) >= 11 is 0. The molecule has 0 aromatic heterocycles. The van der Waals surface area contributed by atoms with Crippen molar-refractivity contribution in [1.29, 1.82) is 0 Å². The molecule has 0 saturated carbocycles. The molecule has 2 N–H and O–H groups in total. The maximum absolute atomic E-state index is 12.2. The van der Waals surface area contributed by atoms with Gasteiger partial charge in [0.1, 0.15) is 6.61 Å². The number of cyclic esters (lactones) is 1. The minimum absolute atomic E-state index is 0.0639. The molecular weight excluding hydrogens is 310 g/mol. The molecule has 1 fully saturated rings. The average Bonchev–Trinajstić information content (AvgIpc) is 2.88. The lowest BCUT2D eigenvalue weighted by Crippen LogP contribution is -3.11. The van der Waals surface area contributed by atoms with Gasteiger partial charge in [-0.15, -0.1) is 0 Å². The molecule has 1 aliphatic heterocycles. The Balaban J connectivity index is 1.90. The number of quaternary nitrogens is 1. The Labute approximate surface area is 141 Å². The number of hydrogen-bond acceptors (Lipinski definition) is 4. The van der Waals surface area contributed by atoms with Gasteiger partial charge in [0, 0.05) is 5.69 Å². The molecule has 130 valence electrons. The van der Waals surface area contributed by atoms with Crippen LogP contribution < -0.4 is 10.2 Å². The zero-order valence-corrected chi connectivity index (χ0v) is 14.6. The van der Waals surface area contributed by atoms with Crippen molar-refractivity contribution < 1.29 is 24.0 Å². The lowest BCUT2D eigenvalue weighted by molar-refractivity contribution is -0.862. The molecule has 1 heterocycles. The first-order valence-corrected chi connectivity index (χ1v) is 7.94. The zero-order valence-electron chi connectivity index (χ0n) is 14.6. The van der Waals surface area contributed by atoms with Crippen molar-refractivity contribution >= 4 is 23.6 Å². The van der Waals surface area contributed by atoms with E-state index in [2.05, 4.69) is 5.32 Å². The number of ether oxygens (including phenoxy) is 1. The third-order valence-corrected chi connectivity index (χ3v) is 3.92. The SMILES string of the molecule is Cc1cc(C)c(NC(=O)C[NH+](C)CC(=O)N2CCOC2=O)c(C)c1. The van der Waals surface area contributed by atoms with Crippen LogP contribution in [-0.2, 0) is 14.3 Å². The Morgan fingerprint density at radius 2 is 1.83 bits per heavy atom. The molecule has 7 nitrogen and oxygen atoms in total. The van der Waals surface area contributed by atoms with Crippen molar-refractivity contribution in [2.75, 3.05) is 38.6 Å². The lowest BCUT2D eigenvalue weighted by Gasteiger charge is -2.17. The number of anilines is 1. The first-order chi connectivity index (χ1) is 11.3. The fourth-order valence-corrected chi connectivity index (χ4v) is 2.87. The van der Waals surface area contributed by atoms with Gasteiger partial charge in [-0.1, -0.05) is 17.7 Å². The minimum atomic E-state index is -0.608. The molecule has 2 rings (SSSR count). The largest absolute Gasteiger partial charge is 0.447 e. The highest BCUT2D eigenvalue weighted by atomic mass is 16.6. The van der Waals surface area contributed by atoms with Crippen molar-refractivity contribution in [3.05, 3.63) is 28.8 Å². The molecule has 1 aromatic carbocycles. The van der Waals surface area contributed by atoms with Gasteiger partial charge in [0.2, 0.25) is 0 Å². The van der Waals surface area contributed by atoms with E-state index in [1.807, 2.05) is 32.9 Å². The van der Waals surface area contributed by atoms with Gasteiger partial charge >= 0.3 is 6.09 Å². The smallest absolute Gasteiger partial charge is 0.416 e. The standard InChI is InChI=1S/C17H23N3O4/c1-11-7-12(2)16(13(3)8-11)18-14(21)9-19(4)10-15(22)20-5-6-24-17(20)23/h7-8H,5-6,9-10H2,1-4H3,(H,18,21)/p+1. The summed E-state index contributed by atoms with van der Waals surface area (Å²) in [6, 6.07) is 4.03. The topological polar surface area (TPSA) is 80.2 Å². The molecule has 0 bridgehead atoms. The Morgan fingerprint density at radius 3 is 2.38 bits per heavy atom. The first kappa shape index (κ1) is 17.9. The van der Waals surface area contributed by atoms with Crippen LogP contribution >= 0.6 is 0 Å². The number of nitrogens with zero attached hydrogens (tertiary/aromatic N) is 1. The van der Waals surface area contributed by atoms with Crippen LogP contribution in [0.25, 0.3) is 0 Å². The molecule has 1 aromatic rings. The van der Waals surface area contributed by atoms with E-state index in [0.29, 0.717) is 4.90 Å². The Bertz CT molecular complexity index is 649. The van der Waals surface area contributed by atoms with E-state index < -0.39 is 6.09 Å². The van der Waals surface area contributed by atoms with Gasteiger partial charge in [0.15, 0.2) is 13.1 Å². The van der Waals surface area contributed by atoms with E-state index in [9.17, 15) is 14.4 Å². The van der Waals surface area contributed by atoms with Crippen LogP contribution in [0, 0.1) is 20.8 Å². The quantitative estimate of drug-likeness (QED) is 0.797. The molecule has 7 heteroatoms. The number of rotatable bonds is 5. The van der Waals surface area contributed by atoms with E-state index in [1.54, 1.807) is 7.05 Å². The van der Waals surface area contributed by atoms with Gasteiger partial charge in [-0.05, 0) is 31.9 Å².